The zero-order valence-electron chi connectivity index (χ0n) is 14.3. The maximum atomic E-state index is 13.6. The number of nitrogens with zero attached hydrogens (tertiary/aromatic N) is 3. The van der Waals surface area contributed by atoms with Gasteiger partial charge in [-0.2, -0.15) is 18.3 Å². The molecule has 28 heavy (non-hydrogen) atoms. The van der Waals surface area contributed by atoms with Crippen molar-refractivity contribution in [3.05, 3.63) is 84.2 Å². The summed E-state index contributed by atoms with van der Waals surface area (Å²) >= 11 is 0. The molecule has 0 saturated carbocycles. The normalized spacial score (nSPS) is 11.5. The minimum Gasteiger partial charge on any atom is -0.321 e. The number of anilines is 1. The monoisotopic (exact) mass is 382 g/mol. The molecule has 2 aromatic carbocycles. The first kappa shape index (κ1) is 17.7. The van der Waals surface area contributed by atoms with Crippen LogP contribution in [0.15, 0.2) is 72.8 Å². The van der Waals surface area contributed by atoms with Crippen LogP contribution in [0.2, 0.25) is 0 Å². The third kappa shape index (κ3) is 3.44. The van der Waals surface area contributed by atoms with Crippen molar-refractivity contribution < 1.29 is 18.0 Å². The lowest BCUT2D eigenvalue weighted by Crippen LogP contribution is -2.15. The Labute approximate surface area is 157 Å². The van der Waals surface area contributed by atoms with Crippen LogP contribution in [0, 0.1) is 0 Å². The Morgan fingerprint density at radius 3 is 2.21 bits per heavy atom. The number of alkyl halides is 3. The van der Waals surface area contributed by atoms with Gasteiger partial charge >= 0.3 is 6.18 Å². The van der Waals surface area contributed by atoms with Gasteiger partial charge < -0.3 is 5.32 Å². The molecule has 2 aromatic heterocycles. The Bertz CT molecular complexity index is 1140. The number of carbonyl (C=O) groups is 1. The van der Waals surface area contributed by atoms with Gasteiger partial charge in [-0.15, -0.1) is 0 Å². The predicted octanol–water partition coefficient (Wildman–Crippen LogP) is 4.67. The van der Waals surface area contributed by atoms with Crippen LogP contribution in [0.25, 0.3) is 16.9 Å². The van der Waals surface area contributed by atoms with Crippen molar-refractivity contribution >= 4 is 17.2 Å². The highest BCUT2D eigenvalue weighted by molar-refractivity contribution is 6.03. The molecule has 0 fully saturated rings. The number of aromatic nitrogens is 3. The summed E-state index contributed by atoms with van der Waals surface area (Å²) in [6.45, 7) is 0. The highest BCUT2D eigenvalue weighted by Crippen LogP contribution is 2.32. The second-order valence-electron chi connectivity index (χ2n) is 6.01. The number of carbonyl (C=O) groups excluding carboxylic acids is 1. The van der Waals surface area contributed by atoms with E-state index in [1.54, 1.807) is 60.7 Å². The summed E-state index contributed by atoms with van der Waals surface area (Å²) in [6.07, 6.45) is -4.66. The first-order chi connectivity index (χ1) is 13.4. The van der Waals surface area contributed by atoms with E-state index in [1.165, 1.54) is 6.07 Å². The van der Waals surface area contributed by atoms with Crippen molar-refractivity contribution in [3.63, 3.8) is 0 Å². The predicted molar refractivity (Wildman–Crippen MR) is 97.8 cm³/mol. The molecular formula is C20H13F3N4O. The van der Waals surface area contributed by atoms with Crippen molar-refractivity contribution in [1.29, 1.82) is 0 Å². The molecule has 5 nitrogen and oxygen atoms in total. The third-order valence-corrected chi connectivity index (χ3v) is 4.05. The summed E-state index contributed by atoms with van der Waals surface area (Å²) < 4.78 is 41.4. The number of hydrogen-bond acceptors (Lipinski definition) is 3. The lowest BCUT2D eigenvalue weighted by molar-refractivity contribution is -0.142. The van der Waals surface area contributed by atoms with E-state index in [0.717, 1.165) is 6.07 Å². The number of rotatable bonds is 3. The van der Waals surface area contributed by atoms with Crippen LogP contribution in [0.1, 0.15) is 16.2 Å². The zero-order valence-corrected chi connectivity index (χ0v) is 14.3. The molecule has 0 atom stereocenters. The van der Waals surface area contributed by atoms with Crippen molar-refractivity contribution in [1.82, 2.24) is 14.6 Å². The number of nitrogens with one attached hydrogen (secondary N) is 1. The van der Waals surface area contributed by atoms with E-state index in [1.807, 2.05) is 0 Å². The van der Waals surface area contributed by atoms with Crippen LogP contribution in [-0.4, -0.2) is 20.5 Å². The van der Waals surface area contributed by atoms with Gasteiger partial charge in [0.25, 0.3) is 5.91 Å². The van der Waals surface area contributed by atoms with Gasteiger partial charge in [0, 0.05) is 17.3 Å². The van der Waals surface area contributed by atoms with E-state index in [2.05, 4.69) is 15.4 Å². The molecule has 0 spiro atoms. The summed E-state index contributed by atoms with van der Waals surface area (Å²) in [4.78, 5) is 16.7. The molecule has 1 N–H and O–H groups in total. The molecule has 140 valence electrons. The number of amides is 1. The summed E-state index contributed by atoms with van der Waals surface area (Å²) in [5.74, 6) is -0.619. The summed E-state index contributed by atoms with van der Waals surface area (Å²) in [5, 5.41) is 6.43. The third-order valence-electron chi connectivity index (χ3n) is 4.05. The average molecular weight is 382 g/mol. The SMILES string of the molecule is O=C(Nc1ccccc1)c1cc2nc(-c3ccccc3)cc(C(F)(F)F)n2n1. The highest BCUT2D eigenvalue weighted by atomic mass is 19.4. The smallest absolute Gasteiger partial charge is 0.321 e. The summed E-state index contributed by atoms with van der Waals surface area (Å²) in [5.41, 5.74) is -0.0325. The van der Waals surface area contributed by atoms with E-state index in [-0.39, 0.29) is 17.0 Å². The van der Waals surface area contributed by atoms with Crippen LogP contribution in [0.4, 0.5) is 18.9 Å². The molecule has 4 aromatic rings. The fraction of sp³-hybridized carbons (Fsp3) is 0.0500. The maximum absolute atomic E-state index is 13.6. The first-order valence-corrected chi connectivity index (χ1v) is 8.32. The topological polar surface area (TPSA) is 59.3 Å². The van der Waals surface area contributed by atoms with Crippen molar-refractivity contribution in [3.8, 4) is 11.3 Å². The molecule has 0 aliphatic rings. The Balaban J connectivity index is 1.80. The Morgan fingerprint density at radius 1 is 0.929 bits per heavy atom. The van der Waals surface area contributed by atoms with Crippen LogP contribution in [0.3, 0.4) is 0 Å². The Kier molecular flexibility index (Phi) is 4.31. The van der Waals surface area contributed by atoms with Gasteiger partial charge in [0.2, 0.25) is 0 Å². The number of para-hydroxylation sites is 1. The van der Waals surface area contributed by atoms with Crippen LogP contribution in [0.5, 0.6) is 0 Å². The van der Waals surface area contributed by atoms with E-state index in [0.29, 0.717) is 15.8 Å². The Hall–Kier alpha value is -3.68. The number of fused-ring (bicyclic) bond motifs is 1. The maximum Gasteiger partial charge on any atom is 0.433 e. The highest BCUT2D eigenvalue weighted by Gasteiger charge is 2.35. The second-order valence-corrected chi connectivity index (χ2v) is 6.01. The minimum absolute atomic E-state index is 0.0631. The molecule has 0 bridgehead atoms. The fourth-order valence-corrected chi connectivity index (χ4v) is 2.76. The molecule has 0 saturated heterocycles. The molecule has 2 heterocycles. The zero-order chi connectivity index (χ0) is 19.7. The standard InChI is InChI=1S/C20H13F3N4O/c21-20(22,23)17-11-15(13-7-3-1-4-8-13)25-18-12-16(26-27(17)18)19(28)24-14-9-5-2-6-10-14/h1-12H,(H,24,28). The fourth-order valence-electron chi connectivity index (χ4n) is 2.76. The van der Waals surface area contributed by atoms with Crippen molar-refractivity contribution in [2.24, 2.45) is 0 Å². The van der Waals surface area contributed by atoms with Crippen LogP contribution in [-0.2, 0) is 6.18 Å². The van der Waals surface area contributed by atoms with Gasteiger partial charge in [-0.1, -0.05) is 48.5 Å². The van der Waals surface area contributed by atoms with Crippen LogP contribution >= 0.6 is 0 Å². The van der Waals surface area contributed by atoms with Gasteiger partial charge in [-0.05, 0) is 18.2 Å². The lowest BCUT2D eigenvalue weighted by Gasteiger charge is -2.10. The average Bonchev–Trinajstić information content (AvgIpc) is 3.12. The summed E-state index contributed by atoms with van der Waals surface area (Å²) in [6, 6.07) is 19.3. The van der Waals surface area contributed by atoms with E-state index < -0.39 is 17.8 Å². The van der Waals surface area contributed by atoms with Gasteiger partial charge in [0.1, 0.15) is 0 Å². The van der Waals surface area contributed by atoms with E-state index in [9.17, 15) is 18.0 Å². The quantitative estimate of drug-likeness (QED) is 0.560. The molecule has 4 rings (SSSR count). The molecule has 0 unspecified atom stereocenters. The lowest BCUT2D eigenvalue weighted by atomic mass is 10.1. The van der Waals surface area contributed by atoms with Crippen LogP contribution < -0.4 is 5.32 Å². The number of benzene rings is 2. The molecule has 0 aliphatic carbocycles. The van der Waals surface area contributed by atoms with Gasteiger partial charge in [0.15, 0.2) is 17.0 Å². The van der Waals surface area contributed by atoms with Crippen molar-refractivity contribution in [2.75, 3.05) is 5.32 Å². The first-order valence-electron chi connectivity index (χ1n) is 8.32. The van der Waals surface area contributed by atoms with Gasteiger partial charge in [-0.25, -0.2) is 9.50 Å². The molecule has 1 amide bonds. The van der Waals surface area contributed by atoms with Gasteiger partial charge in [-0.3, -0.25) is 4.79 Å². The Morgan fingerprint density at radius 2 is 1.57 bits per heavy atom. The molecular weight excluding hydrogens is 369 g/mol. The van der Waals surface area contributed by atoms with Crippen molar-refractivity contribution in [2.45, 2.75) is 6.18 Å². The molecule has 0 radical (unpaired) electrons. The molecule has 0 aliphatic heterocycles. The second kappa shape index (κ2) is 6.80. The largest absolute Gasteiger partial charge is 0.433 e. The number of halogens is 3. The number of hydrogen-bond donors (Lipinski definition) is 1. The summed E-state index contributed by atoms with van der Waals surface area (Å²) in [7, 11) is 0. The van der Waals surface area contributed by atoms with E-state index in [4.69, 9.17) is 0 Å². The van der Waals surface area contributed by atoms with E-state index >= 15 is 0 Å². The minimum atomic E-state index is -4.66. The molecule has 8 heteroatoms. The van der Waals surface area contributed by atoms with Gasteiger partial charge in [0.05, 0.1) is 5.69 Å².